The second-order valence-electron chi connectivity index (χ2n) is 7.81. The smallest absolute Gasteiger partial charge is 0.349 e. The van der Waals surface area contributed by atoms with Crippen LogP contribution < -0.4 is 15.5 Å². The van der Waals surface area contributed by atoms with Crippen LogP contribution in [0.15, 0.2) is 30.6 Å². The summed E-state index contributed by atoms with van der Waals surface area (Å²) in [5.74, 6) is -2.13. The minimum Gasteiger partial charge on any atom is -0.349 e. The number of piperazine rings is 1. The number of aromatic nitrogens is 4. The third-order valence-corrected chi connectivity index (χ3v) is 5.80. The van der Waals surface area contributed by atoms with E-state index < -0.39 is 24.4 Å². The van der Waals surface area contributed by atoms with Crippen LogP contribution in [0.4, 0.5) is 24.8 Å². The average molecular weight is 431 g/mol. The molecule has 2 N–H and O–H groups in total. The summed E-state index contributed by atoms with van der Waals surface area (Å²) < 4.78 is 43.1. The van der Waals surface area contributed by atoms with Crippen molar-refractivity contribution in [3.63, 3.8) is 0 Å². The maximum atomic E-state index is 13.9. The van der Waals surface area contributed by atoms with Gasteiger partial charge in [-0.25, -0.2) is 14.6 Å². The van der Waals surface area contributed by atoms with Crippen LogP contribution in [0.25, 0.3) is 16.7 Å². The average Bonchev–Trinajstić information content (AvgIpc) is 3.11. The lowest BCUT2D eigenvalue weighted by Gasteiger charge is -2.34. The maximum absolute atomic E-state index is 13.9. The van der Waals surface area contributed by atoms with Crippen molar-refractivity contribution in [2.45, 2.75) is 31.5 Å². The molecule has 31 heavy (non-hydrogen) atoms. The molecule has 162 valence electrons. The molecule has 2 aliphatic rings. The normalized spacial score (nSPS) is 21.8. The first-order valence-electron chi connectivity index (χ1n) is 10.0. The van der Waals surface area contributed by atoms with E-state index in [1.165, 1.54) is 4.68 Å². The molecule has 4 heterocycles. The Bertz CT molecular complexity index is 1160. The summed E-state index contributed by atoms with van der Waals surface area (Å²) in [6, 6.07) is 7.56. The fourth-order valence-corrected chi connectivity index (χ4v) is 4.30. The molecule has 0 aliphatic carbocycles. The molecule has 1 saturated heterocycles. The number of para-hydroxylation sites is 1. The van der Waals surface area contributed by atoms with E-state index >= 15 is 0 Å². The van der Waals surface area contributed by atoms with Gasteiger partial charge in [-0.05, 0) is 19.1 Å². The van der Waals surface area contributed by atoms with Gasteiger partial charge in [-0.15, -0.1) is 5.10 Å². The summed E-state index contributed by atoms with van der Waals surface area (Å²) in [7, 11) is 0. The molecule has 2 aliphatic heterocycles. The highest BCUT2D eigenvalue weighted by molar-refractivity contribution is 5.95. The van der Waals surface area contributed by atoms with Crippen molar-refractivity contribution in [2.75, 3.05) is 29.9 Å². The Kier molecular flexibility index (Phi) is 4.58. The van der Waals surface area contributed by atoms with Gasteiger partial charge in [0.05, 0.1) is 17.0 Å². The van der Waals surface area contributed by atoms with Gasteiger partial charge in [0, 0.05) is 37.5 Å². The number of fused-ring (bicyclic) bond motifs is 2. The number of halogens is 3. The number of amides is 1. The van der Waals surface area contributed by atoms with E-state index in [1.54, 1.807) is 6.07 Å². The number of hydrogen-bond donors (Lipinski definition) is 2. The van der Waals surface area contributed by atoms with Crippen molar-refractivity contribution in [1.29, 1.82) is 0 Å². The number of benzene rings is 1. The Balaban J connectivity index is 1.73. The van der Waals surface area contributed by atoms with Gasteiger partial charge in [-0.2, -0.15) is 13.2 Å². The number of alkyl halides is 3. The topological polar surface area (TPSA) is 88.0 Å². The number of rotatable bonds is 2. The summed E-state index contributed by atoms with van der Waals surface area (Å²) in [6.07, 6.45) is -4.18. The monoisotopic (exact) mass is 431 g/mol. The molecule has 11 heteroatoms. The van der Waals surface area contributed by atoms with E-state index in [0.29, 0.717) is 11.3 Å². The third-order valence-electron chi connectivity index (χ3n) is 5.80. The third kappa shape index (κ3) is 3.29. The Morgan fingerprint density at radius 2 is 1.97 bits per heavy atom. The number of carbonyl (C=O) groups is 1. The zero-order valence-corrected chi connectivity index (χ0v) is 16.6. The predicted molar refractivity (Wildman–Crippen MR) is 108 cm³/mol. The summed E-state index contributed by atoms with van der Waals surface area (Å²) in [6.45, 7) is 4.37. The Labute approximate surface area is 175 Å². The zero-order valence-electron chi connectivity index (χ0n) is 16.6. The Morgan fingerprint density at radius 3 is 2.74 bits per heavy atom. The molecular formula is C20H20F3N7O. The van der Waals surface area contributed by atoms with Crippen LogP contribution in [0, 0.1) is 0 Å². The van der Waals surface area contributed by atoms with Crippen molar-refractivity contribution in [2.24, 2.45) is 0 Å². The first-order chi connectivity index (χ1) is 14.8. The summed E-state index contributed by atoms with van der Waals surface area (Å²) in [5.41, 5.74) is 0.477. The first-order valence-corrected chi connectivity index (χ1v) is 10.0. The van der Waals surface area contributed by atoms with E-state index in [1.807, 2.05) is 18.2 Å². The SMILES string of the molecule is C[C@@H]1CNCCN1c1nn(-c2ncnc3c2[C@H](C(F)(F)F)CC(=O)N3)c2ccccc12. The second kappa shape index (κ2) is 7.19. The molecule has 2 aromatic heterocycles. The van der Waals surface area contributed by atoms with Crippen LogP contribution in [-0.4, -0.2) is 57.5 Å². The van der Waals surface area contributed by atoms with Crippen molar-refractivity contribution < 1.29 is 18.0 Å². The van der Waals surface area contributed by atoms with Crippen molar-refractivity contribution in [1.82, 2.24) is 25.1 Å². The molecular weight excluding hydrogens is 411 g/mol. The highest BCUT2D eigenvalue weighted by atomic mass is 19.4. The van der Waals surface area contributed by atoms with Crippen LogP contribution >= 0.6 is 0 Å². The number of anilines is 2. The Hall–Kier alpha value is -3.21. The van der Waals surface area contributed by atoms with Gasteiger partial charge in [0.1, 0.15) is 12.1 Å². The van der Waals surface area contributed by atoms with E-state index in [4.69, 9.17) is 5.10 Å². The molecule has 0 bridgehead atoms. The lowest BCUT2D eigenvalue weighted by molar-refractivity contribution is -0.156. The highest BCUT2D eigenvalue weighted by Gasteiger charge is 2.48. The molecule has 5 rings (SSSR count). The van der Waals surface area contributed by atoms with Crippen LogP contribution in [0.3, 0.4) is 0 Å². The quantitative estimate of drug-likeness (QED) is 0.649. The molecule has 0 unspecified atom stereocenters. The van der Waals surface area contributed by atoms with Crippen molar-refractivity contribution >= 4 is 28.4 Å². The van der Waals surface area contributed by atoms with Gasteiger partial charge >= 0.3 is 6.18 Å². The van der Waals surface area contributed by atoms with E-state index in [2.05, 4.69) is 32.4 Å². The zero-order chi connectivity index (χ0) is 21.8. The maximum Gasteiger partial charge on any atom is 0.396 e. The minimum atomic E-state index is -4.62. The number of nitrogens with zero attached hydrogens (tertiary/aromatic N) is 5. The molecule has 0 spiro atoms. The first kappa shape index (κ1) is 19.7. The summed E-state index contributed by atoms with van der Waals surface area (Å²) in [4.78, 5) is 22.1. The van der Waals surface area contributed by atoms with Crippen LogP contribution in [0.1, 0.15) is 24.8 Å². The standard InChI is InChI=1S/C20H20F3N7O/c1-11-9-24-6-7-29(11)18-12-4-2-3-5-14(12)30(28-18)19-16-13(20(21,22)23)8-15(31)27-17(16)25-10-26-19/h2-5,10-11,13,24H,6-9H2,1H3,(H,25,26,27,31)/t11-,13-/m1/s1. The van der Waals surface area contributed by atoms with Gasteiger partial charge in [0.15, 0.2) is 11.6 Å². The molecule has 2 atom stereocenters. The largest absolute Gasteiger partial charge is 0.396 e. The van der Waals surface area contributed by atoms with Crippen molar-refractivity contribution in [3.05, 3.63) is 36.2 Å². The Morgan fingerprint density at radius 1 is 1.16 bits per heavy atom. The lowest BCUT2D eigenvalue weighted by Crippen LogP contribution is -2.50. The van der Waals surface area contributed by atoms with Crippen LogP contribution in [0.2, 0.25) is 0 Å². The molecule has 1 aromatic carbocycles. The second-order valence-corrected chi connectivity index (χ2v) is 7.81. The summed E-state index contributed by atoms with van der Waals surface area (Å²) in [5, 5.41) is 11.3. The van der Waals surface area contributed by atoms with Crippen LogP contribution in [0.5, 0.6) is 0 Å². The summed E-state index contributed by atoms with van der Waals surface area (Å²) >= 11 is 0. The van der Waals surface area contributed by atoms with Crippen molar-refractivity contribution in [3.8, 4) is 5.82 Å². The van der Waals surface area contributed by atoms with Gasteiger partial charge in [0.25, 0.3) is 0 Å². The van der Waals surface area contributed by atoms with Gasteiger partial charge in [-0.3, -0.25) is 4.79 Å². The van der Waals surface area contributed by atoms with Gasteiger partial charge in [-0.1, -0.05) is 12.1 Å². The fourth-order valence-electron chi connectivity index (χ4n) is 4.30. The molecule has 1 fully saturated rings. The number of carbonyl (C=O) groups excluding carboxylic acids is 1. The molecule has 8 nitrogen and oxygen atoms in total. The molecule has 3 aromatic rings. The van der Waals surface area contributed by atoms with E-state index in [9.17, 15) is 18.0 Å². The minimum absolute atomic E-state index is 0.0255. The highest BCUT2D eigenvalue weighted by Crippen LogP contribution is 2.45. The predicted octanol–water partition coefficient (Wildman–Crippen LogP) is 2.60. The fraction of sp³-hybridized carbons (Fsp3) is 0.400. The lowest BCUT2D eigenvalue weighted by atomic mass is 9.92. The van der Waals surface area contributed by atoms with Gasteiger partial charge in [0.2, 0.25) is 5.91 Å². The molecule has 1 amide bonds. The number of nitrogens with one attached hydrogen (secondary N) is 2. The van der Waals surface area contributed by atoms with Crippen LogP contribution in [-0.2, 0) is 4.79 Å². The number of hydrogen-bond acceptors (Lipinski definition) is 6. The van der Waals surface area contributed by atoms with Gasteiger partial charge < -0.3 is 15.5 Å². The molecule has 0 radical (unpaired) electrons. The van der Waals surface area contributed by atoms with E-state index in [0.717, 1.165) is 31.3 Å². The molecule has 0 saturated carbocycles. The van der Waals surface area contributed by atoms with E-state index in [-0.39, 0.29) is 23.2 Å².